The first-order chi connectivity index (χ1) is 9.20. The molecule has 2 atom stereocenters. The Hall–Kier alpha value is -1.07. The van der Waals surface area contributed by atoms with Crippen LogP contribution in [0.3, 0.4) is 0 Å². The molecule has 1 aromatic rings. The van der Waals surface area contributed by atoms with Crippen molar-refractivity contribution in [2.24, 2.45) is 0 Å². The number of hydrogen-bond donors (Lipinski definition) is 1. The fraction of sp³-hybridized carbons (Fsp3) is 0.571. The SMILES string of the molecule is CCOC(=O)C1(NC)CCC(Sc2ccncc2)C1. The lowest BCUT2D eigenvalue weighted by atomic mass is 9.98. The predicted molar refractivity (Wildman–Crippen MR) is 76.2 cm³/mol. The second-order valence-electron chi connectivity index (χ2n) is 4.72. The fourth-order valence-corrected chi connectivity index (χ4v) is 3.76. The average Bonchev–Trinajstić information content (AvgIpc) is 2.85. The van der Waals surface area contributed by atoms with Crippen molar-refractivity contribution in [2.75, 3.05) is 13.7 Å². The first kappa shape index (κ1) is 14.3. The van der Waals surface area contributed by atoms with Gasteiger partial charge in [-0.05, 0) is 45.4 Å². The molecule has 1 aromatic heterocycles. The topological polar surface area (TPSA) is 51.2 Å². The monoisotopic (exact) mass is 280 g/mol. The standard InChI is InChI=1S/C14H20N2O2S/c1-3-18-13(17)14(15-2)7-4-12(10-14)19-11-5-8-16-9-6-11/h5-6,8-9,12,15H,3-4,7,10H2,1-2H3. The number of rotatable bonds is 5. The van der Waals surface area contributed by atoms with Crippen LogP contribution in [0.15, 0.2) is 29.4 Å². The zero-order valence-corrected chi connectivity index (χ0v) is 12.2. The molecule has 0 spiro atoms. The van der Waals surface area contributed by atoms with Gasteiger partial charge in [-0.2, -0.15) is 0 Å². The van der Waals surface area contributed by atoms with Gasteiger partial charge >= 0.3 is 5.97 Å². The van der Waals surface area contributed by atoms with E-state index in [4.69, 9.17) is 4.74 Å². The number of thioether (sulfide) groups is 1. The summed E-state index contributed by atoms with van der Waals surface area (Å²) in [6.45, 7) is 2.28. The highest BCUT2D eigenvalue weighted by Gasteiger charge is 2.45. The minimum absolute atomic E-state index is 0.115. The number of nitrogens with one attached hydrogen (secondary N) is 1. The van der Waals surface area contributed by atoms with Crippen LogP contribution < -0.4 is 5.32 Å². The first-order valence-electron chi connectivity index (χ1n) is 6.63. The molecule has 1 fully saturated rings. The molecule has 4 nitrogen and oxygen atoms in total. The van der Waals surface area contributed by atoms with Gasteiger partial charge in [0.05, 0.1) is 6.61 Å². The predicted octanol–water partition coefficient (Wildman–Crippen LogP) is 2.25. The number of hydrogen-bond acceptors (Lipinski definition) is 5. The van der Waals surface area contributed by atoms with Crippen molar-refractivity contribution < 1.29 is 9.53 Å². The zero-order valence-electron chi connectivity index (χ0n) is 11.4. The van der Waals surface area contributed by atoms with Gasteiger partial charge in [0, 0.05) is 22.5 Å². The third-order valence-electron chi connectivity index (χ3n) is 3.57. The molecule has 1 aliphatic carbocycles. The van der Waals surface area contributed by atoms with Crippen LogP contribution in [0.4, 0.5) is 0 Å². The maximum Gasteiger partial charge on any atom is 0.326 e. The smallest absolute Gasteiger partial charge is 0.326 e. The largest absolute Gasteiger partial charge is 0.465 e. The number of carbonyl (C=O) groups is 1. The van der Waals surface area contributed by atoms with E-state index in [-0.39, 0.29) is 5.97 Å². The van der Waals surface area contributed by atoms with Crippen LogP contribution >= 0.6 is 11.8 Å². The van der Waals surface area contributed by atoms with Crippen molar-refractivity contribution in [3.8, 4) is 0 Å². The molecule has 1 N–H and O–H groups in total. The van der Waals surface area contributed by atoms with E-state index < -0.39 is 5.54 Å². The number of pyridine rings is 1. The summed E-state index contributed by atoms with van der Waals surface area (Å²) in [5.74, 6) is -0.115. The Morgan fingerprint density at radius 2 is 2.32 bits per heavy atom. The molecule has 0 bridgehead atoms. The van der Waals surface area contributed by atoms with E-state index >= 15 is 0 Å². The average molecular weight is 280 g/mol. The van der Waals surface area contributed by atoms with Gasteiger partial charge in [0.2, 0.25) is 0 Å². The van der Waals surface area contributed by atoms with E-state index in [1.54, 1.807) is 12.4 Å². The Balaban J connectivity index is 1.99. The number of aromatic nitrogens is 1. The Morgan fingerprint density at radius 1 is 1.58 bits per heavy atom. The number of nitrogens with zero attached hydrogens (tertiary/aromatic N) is 1. The lowest BCUT2D eigenvalue weighted by Gasteiger charge is -2.26. The number of carbonyl (C=O) groups excluding carboxylic acids is 1. The van der Waals surface area contributed by atoms with Crippen LogP contribution in [-0.2, 0) is 9.53 Å². The van der Waals surface area contributed by atoms with Crippen LogP contribution in [0.25, 0.3) is 0 Å². The summed E-state index contributed by atoms with van der Waals surface area (Å²) in [5, 5.41) is 3.62. The van der Waals surface area contributed by atoms with Crippen molar-refractivity contribution in [1.29, 1.82) is 0 Å². The fourth-order valence-electron chi connectivity index (χ4n) is 2.49. The van der Waals surface area contributed by atoms with E-state index in [0.717, 1.165) is 19.3 Å². The molecule has 0 saturated heterocycles. The van der Waals surface area contributed by atoms with Crippen molar-refractivity contribution >= 4 is 17.7 Å². The molecule has 19 heavy (non-hydrogen) atoms. The molecule has 0 radical (unpaired) electrons. The van der Waals surface area contributed by atoms with Crippen molar-refractivity contribution in [2.45, 2.75) is 41.9 Å². The van der Waals surface area contributed by atoms with E-state index in [1.165, 1.54) is 4.90 Å². The normalized spacial score (nSPS) is 26.3. The summed E-state index contributed by atoms with van der Waals surface area (Å²) in [6.07, 6.45) is 6.27. The van der Waals surface area contributed by atoms with Gasteiger partial charge in [0.25, 0.3) is 0 Å². The number of ether oxygens (including phenoxy) is 1. The molecule has 1 heterocycles. The van der Waals surface area contributed by atoms with Gasteiger partial charge in [0.15, 0.2) is 0 Å². The van der Waals surface area contributed by atoms with E-state index in [0.29, 0.717) is 11.9 Å². The lowest BCUT2D eigenvalue weighted by molar-refractivity contribution is -0.150. The number of likely N-dealkylation sites (N-methyl/N-ethyl adjacent to an activating group) is 1. The van der Waals surface area contributed by atoms with E-state index in [9.17, 15) is 4.79 Å². The minimum Gasteiger partial charge on any atom is -0.465 e. The van der Waals surface area contributed by atoms with E-state index in [1.807, 2.05) is 37.9 Å². The molecule has 0 amide bonds. The maximum atomic E-state index is 12.1. The molecule has 1 saturated carbocycles. The van der Waals surface area contributed by atoms with Gasteiger partial charge in [0.1, 0.15) is 5.54 Å². The Kier molecular flexibility index (Phi) is 4.82. The quantitative estimate of drug-likeness (QED) is 0.838. The van der Waals surface area contributed by atoms with Gasteiger partial charge in [-0.3, -0.25) is 9.78 Å². The van der Waals surface area contributed by atoms with Crippen LogP contribution in [0, 0.1) is 0 Å². The lowest BCUT2D eigenvalue weighted by Crippen LogP contribution is -2.49. The molecule has 5 heteroatoms. The molecule has 2 unspecified atom stereocenters. The number of esters is 1. The third kappa shape index (κ3) is 3.28. The molecule has 1 aliphatic rings. The Bertz CT molecular complexity index is 427. The highest BCUT2D eigenvalue weighted by atomic mass is 32.2. The van der Waals surface area contributed by atoms with Gasteiger partial charge < -0.3 is 10.1 Å². The van der Waals surface area contributed by atoms with Crippen molar-refractivity contribution in [1.82, 2.24) is 10.3 Å². The molecule has 2 rings (SSSR count). The summed E-state index contributed by atoms with van der Waals surface area (Å²) in [7, 11) is 1.84. The van der Waals surface area contributed by atoms with Crippen LogP contribution in [-0.4, -0.2) is 35.4 Å². The molecular weight excluding hydrogens is 260 g/mol. The molecular formula is C14H20N2O2S. The summed E-state index contributed by atoms with van der Waals surface area (Å²) in [5.41, 5.74) is -0.499. The van der Waals surface area contributed by atoms with Gasteiger partial charge in [-0.15, -0.1) is 11.8 Å². The Labute approximate surface area is 118 Å². The van der Waals surface area contributed by atoms with Gasteiger partial charge in [-0.25, -0.2) is 0 Å². The highest BCUT2D eigenvalue weighted by molar-refractivity contribution is 8.00. The highest BCUT2D eigenvalue weighted by Crippen LogP contribution is 2.40. The maximum absolute atomic E-state index is 12.1. The first-order valence-corrected chi connectivity index (χ1v) is 7.51. The second kappa shape index (κ2) is 6.39. The summed E-state index contributed by atoms with van der Waals surface area (Å²) >= 11 is 1.82. The van der Waals surface area contributed by atoms with Crippen LogP contribution in [0.2, 0.25) is 0 Å². The summed E-state index contributed by atoms with van der Waals surface area (Å²) in [4.78, 5) is 17.3. The third-order valence-corrected chi connectivity index (χ3v) is 4.85. The summed E-state index contributed by atoms with van der Waals surface area (Å²) in [6, 6.07) is 4.02. The Morgan fingerprint density at radius 3 is 2.95 bits per heavy atom. The minimum atomic E-state index is -0.499. The molecule has 0 aromatic carbocycles. The molecule has 104 valence electrons. The van der Waals surface area contributed by atoms with E-state index in [2.05, 4.69) is 10.3 Å². The molecule has 0 aliphatic heterocycles. The second-order valence-corrected chi connectivity index (χ2v) is 6.09. The summed E-state index contributed by atoms with van der Waals surface area (Å²) < 4.78 is 5.20. The van der Waals surface area contributed by atoms with Crippen molar-refractivity contribution in [3.63, 3.8) is 0 Å². The van der Waals surface area contributed by atoms with Crippen LogP contribution in [0.5, 0.6) is 0 Å². The van der Waals surface area contributed by atoms with Crippen LogP contribution in [0.1, 0.15) is 26.2 Å². The zero-order chi connectivity index (χ0) is 13.7. The van der Waals surface area contributed by atoms with Gasteiger partial charge in [-0.1, -0.05) is 0 Å². The van der Waals surface area contributed by atoms with Crippen molar-refractivity contribution in [3.05, 3.63) is 24.5 Å².